The number of nitrogens with one attached hydrogen (secondary N) is 2. The maximum absolute atomic E-state index is 4.83. The van der Waals surface area contributed by atoms with Crippen molar-refractivity contribution in [3.8, 4) is 11.5 Å². The number of nitrogens with zero attached hydrogens (tertiary/aromatic N) is 4. The molecule has 0 aromatic carbocycles. The van der Waals surface area contributed by atoms with E-state index >= 15 is 0 Å². The van der Waals surface area contributed by atoms with Crippen LogP contribution in [0, 0.1) is 0 Å². The van der Waals surface area contributed by atoms with Gasteiger partial charge < -0.3 is 4.98 Å². The Morgan fingerprint density at radius 2 is 2.06 bits per heavy atom. The number of fused-ring (bicyclic) bond motifs is 1. The molecule has 0 aliphatic heterocycles. The maximum Gasteiger partial charge on any atom is 0.159 e. The summed E-state index contributed by atoms with van der Waals surface area (Å²) in [5.41, 5.74) is 8.10. The number of imidazole rings is 1. The van der Waals surface area contributed by atoms with E-state index in [-0.39, 0.29) is 0 Å². The molecule has 1 aliphatic carbocycles. The average molecular weight is 421 g/mol. The third-order valence-electron chi connectivity index (χ3n) is 5.76. The Hall–Kier alpha value is -4.06. The van der Waals surface area contributed by atoms with Crippen molar-refractivity contribution >= 4 is 34.8 Å². The first-order chi connectivity index (χ1) is 15.6. The minimum absolute atomic E-state index is 0.679. The number of aromatic nitrogens is 6. The fourth-order valence-corrected chi connectivity index (χ4v) is 3.83. The second-order valence-electron chi connectivity index (χ2n) is 7.88. The summed E-state index contributed by atoms with van der Waals surface area (Å²) in [6, 6.07) is 2.17. The number of rotatable bonds is 5. The highest BCUT2D eigenvalue weighted by molar-refractivity contribution is 5.93. The van der Waals surface area contributed by atoms with Gasteiger partial charge in [0, 0.05) is 29.4 Å². The van der Waals surface area contributed by atoms with Crippen molar-refractivity contribution in [2.75, 3.05) is 0 Å². The van der Waals surface area contributed by atoms with Gasteiger partial charge in [-0.1, -0.05) is 37.8 Å². The monoisotopic (exact) mass is 420 g/mol. The van der Waals surface area contributed by atoms with Crippen molar-refractivity contribution in [3.05, 3.63) is 82.4 Å². The lowest BCUT2D eigenvalue weighted by molar-refractivity contribution is 1.06. The maximum atomic E-state index is 4.83. The lowest BCUT2D eigenvalue weighted by atomic mass is 10.1. The molecule has 4 aromatic rings. The standard InChI is InChI=1S/C26H24N6/c1-4-18-11-20(13-27-12-18)16(2)9-10-22-17(3)24(32-31-22)26-29-23-15-28-14-21(25(23)30-26)19-7-5-6-8-19/h5,7-15,31H,3-4,6H2,1-2H3,(H,29,30)/b16-9+,22-10+. The summed E-state index contributed by atoms with van der Waals surface area (Å²) in [5, 5.41) is 9.21. The molecule has 6 nitrogen and oxygen atoms in total. The van der Waals surface area contributed by atoms with Gasteiger partial charge in [-0.3, -0.25) is 15.1 Å². The molecular formula is C26H24N6. The van der Waals surface area contributed by atoms with E-state index < -0.39 is 0 Å². The van der Waals surface area contributed by atoms with E-state index in [0.29, 0.717) is 11.5 Å². The molecule has 0 atom stereocenters. The zero-order valence-corrected chi connectivity index (χ0v) is 18.2. The van der Waals surface area contributed by atoms with Gasteiger partial charge in [0.15, 0.2) is 5.82 Å². The van der Waals surface area contributed by atoms with Gasteiger partial charge >= 0.3 is 0 Å². The molecule has 0 radical (unpaired) electrons. The largest absolute Gasteiger partial charge is 0.335 e. The highest BCUT2D eigenvalue weighted by Crippen LogP contribution is 2.28. The number of pyridine rings is 2. The SMILES string of the molecule is C=c1c(-c2nc3c(C4=CCC=C4)cncc3[nH]2)n[nH]/c1=C/C=C(\C)c1cncc(CC)c1. The Bertz CT molecular complexity index is 1510. The fourth-order valence-electron chi connectivity index (χ4n) is 3.83. The van der Waals surface area contributed by atoms with Crippen LogP contribution in [0.5, 0.6) is 0 Å². The van der Waals surface area contributed by atoms with Crippen molar-refractivity contribution in [3.63, 3.8) is 0 Å². The molecule has 0 bridgehead atoms. The van der Waals surface area contributed by atoms with E-state index in [1.807, 2.05) is 24.7 Å². The Kier molecular flexibility index (Phi) is 5.11. The zero-order chi connectivity index (χ0) is 22.1. The first kappa shape index (κ1) is 19.9. The Morgan fingerprint density at radius 3 is 2.88 bits per heavy atom. The Labute approximate surface area is 185 Å². The molecule has 0 amide bonds. The number of hydrogen-bond acceptors (Lipinski definition) is 4. The van der Waals surface area contributed by atoms with Crippen LogP contribution in [0.15, 0.2) is 55.2 Å². The number of allylic oxidation sites excluding steroid dienone is 6. The predicted molar refractivity (Wildman–Crippen MR) is 130 cm³/mol. The molecule has 0 saturated heterocycles. The van der Waals surface area contributed by atoms with E-state index in [0.717, 1.165) is 56.7 Å². The van der Waals surface area contributed by atoms with Gasteiger partial charge in [-0.05, 0) is 54.2 Å². The lowest BCUT2D eigenvalue weighted by Crippen LogP contribution is -2.21. The molecule has 4 aromatic heterocycles. The predicted octanol–water partition coefficient (Wildman–Crippen LogP) is 3.94. The molecule has 158 valence electrons. The summed E-state index contributed by atoms with van der Waals surface area (Å²) in [6.45, 7) is 8.45. The van der Waals surface area contributed by atoms with Crippen LogP contribution in [0.3, 0.4) is 0 Å². The minimum Gasteiger partial charge on any atom is -0.335 e. The Balaban J connectivity index is 1.51. The van der Waals surface area contributed by atoms with Crippen LogP contribution in [0.4, 0.5) is 0 Å². The summed E-state index contributed by atoms with van der Waals surface area (Å²) < 4.78 is 0. The van der Waals surface area contributed by atoms with Crippen LogP contribution in [0.2, 0.25) is 0 Å². The van der Waals surface area contributed by atoms with E-state index in [1.54, 1.807) is 6.20 Å². The van der Waals surface area contributed by atoms with Crippen LogP contribution in [-0.4, -0.2) is 30.1 Å². The Morgan fingerprint density at radius 1 is 1.19 bits per heavy atom. The van der Waals surface area contributed by atoms with E-state index in [2.05, 4.69) is 75.9 Å². The van der Waals surface area contributed by atoms with Gasteiger partial charge in [-0.15, -0.1) is 0 Å². The van der Waals surface area contributed by atoms with Crippen molar-refractivity contribution in [2.24, 2.45) is 0 Å². The summed E-state index contributed by atoms with van der Waals surface area (Å²) in [4.78, 5) is 16.9. The van der Waals surface area contributed by atoms with Gasteiger partial charge in [0.2, 0.25) is 0 Å². The number of aromatic amines is 2. The molecular weight excluding hydrogens is 396 g/mol. The van der Waals surface area contributed by atoms with Crippen molar-refractivity contribution in [1.82, 2.24) is 30.1 Å². The van der Waals surface area contributed by atoms with Crippen molar-refractivity contribution < 1.29 is 0 Å². The molecule has 5 rings (SSSR count). The van der Waals surface area contributed by atoms with Gasteiger partial charge in [0.1, 0.15) is 5.69 Å². The number of hydrogen-bond donors (Lipinski definition) is 2. The molecule has 0 spiro atoms. The fraction of sp³-hybridized carbons (Fsp3) is 0.154. The van der Waals surface area contributed by atoms with Crippen molar-refractivity contribution in [1.29, 1.82) is 0 Å². The minimum atomic E-state index is 0.679. The van der Waals surface area contributed by atoms with Crippen LogP contribution in [-0.2, 0) is 6.42 Å². The third-order valence-corrected chi connectivity index (χ3v) is 5.76. The molecule has 6 heteroatoms. The van der Waals surface area contributed by atoms with Crippen LogP contribution in [0.1, 0.15) is 37.0 Å². The van der Waals surface area contributed by atoms with E-state index in [1.165, 1.54) is 5.56 Å². The second kappa shape index (κ2) is 8.23. The van der Waals surface area contributed by atoms with Gasteiger partial charge in [-0.25, -0.2) is 4.98 Å². The summed E-state index contributed by atoms with van der Waals surface area (Å²) in [6.07, 6.45) is 19.8. The molecule has 2 N–H and O–H groups in total. The molecule has 0 saturated carbocycles. The third kappa shape index (κ3) is 3.60. The first-order valence-corrected chi connectivity index (χ1v) is 10.7. The highest BCUT2D eigenvalue weighted by atomic mass is 15.1. The number of aryl methyl sites for hydroxylation is 1. The first-order valence-electron chi connectivity index (χ1n) is 10.7. The molecule has 1 aliphatic rings. The van der Waals surface area contributed by atoms with Gasteiger partial charge in [0.25, 0.3) is 0 Å². The van der Waals surface area contributed by atoms with Crippen LogP contribution >= 0.6 is 0 Å². The quantitative estimate of drug-likeness (QED) is 0.512. The van der Waals surface area contributed by atoms with Gasteiger partial charge in [0.05, 0.1) is 22.6 Å². The van der Waals surface area contributed by atoms with E-state index in [9.17, 15) is 0 Å². The smallest absolute Gasteiger partial charge is 0.159 e. The number of H-pyrrole nitrogens is 2. The highest BCUT2D eigenvalue weighted by Gasteiger charge is 2.14. The second-order valence-corrected chi connectivity index (χ2v) is 7.88. The van der Waals surface area contributed by atoms with Crippen LogP contribution in [0.25, 0.3) is 46.4 Å². The average Bonchev–Trinajstić information content (AvgIpc) is 3.57. The molecule has 32 heavy (non-hydrogen) atoms. The lowest BCUT2D eigenvalue weighted by Gasteiger charge is -2.02. The normalized spacial score (nSPS) is 14.5. The van der Waals surface area contributed by atoms with Crippen LogP contribution < -0.4 is 10.6 Å². The zero-order valence-electron chi connectivity index (χ0n) is 18.2. The molecule has 0 unspecified atom stereocenters. The van der Waals surface area contributed by atoms with Gasteiger partial charge in [-0.2, -0.15) is 5.10 Å². The summed E-state index contributed by atoms with van der Waals surface area (Å²) in [7, 11) is 0. The summed E-state index contributed by atoms with van der Waals surface area (Å²) >= 11 is 0. The molecule has 0 fully saturated rings. The topological polar surface area (TPSA) is 83.1 Å². The van der Waals surface area contributed by atoms with Crippen molar-refractivity contribution in [2.45, 2.75) is 26.7 Å². The summed E-state index contributed by atoms with van der Waals surface area (Å²) in [5.74, 6) is 0.679. The molecule has 4 heterocycles. The van der Waals surface area contributed by atoms with E-state index in [4.69, 9.17) is 4.98 Å².